The van der Waals surface area contributed by atoms with Crippen LogP contribution in [0, 0.1) is 5.92 Å². The molecular weight excluding hydrogens is 286 g/mol. The number of thiophene rings is 1. The van der Waals surface area contributed by atoms with Crippen LogP contribution in [0.4, 0.5) is 4.79 Å². The molecule has 3 rings (SSSR count). The Kier molecular flexibility index (Phi) is 4.43. The van der Waals surface area contributed by atoms with Gasteiger partial charge in [-0.25, -0.2) is 4.79 Å². The third-order valence-electron chi connectivity index (χ3n) is 4.06. The number of amides is 3. The summed E-state index contributed by atoms with van der Waals surface area (Å²) in [5, 5.41) is 9.87. The Balaban J connectivity index is 1.31. The summed E-state index contributed by atoms with van der Waals surface area (Å²) < 4.78 is 0. The molecule has 2 heterocycles. The zero-order valence-corrected chi connectivity index (χ0v) is 12.8. The van der Waals surface area contributed by atoms with Gasteiger partial charge in [0.05, 0.1) is 0 Å². The number of carbonyl (C=O) groups is 2. The van der Waals surface area contributed by atoms with E-state index in [1.165, 1.54) is 5.56 Å². The van der Waals surface area contributed by atoms with Gasteiger partial charge in [-0.1, -0.05) is 0 Å². The minimum Gasteiger partial charge on any atom is -0.339 e. The van der Waals surface area contributed by atoms with E-state index in [0.717, 1.165) is 25.8 Å². The lowest BCUT2D eigenvalue weighted by atomic mass is 10.1. The number of hydrogen-bond donors (Lipinski definition) is 2. The fourth-order valence-electron chi connectivity index (χ4n) is 2.74. The van der Waals surface area contributed by atoms with Crippen molar-refractivity contribution in [2.24, 2.45) is 5.92 Å². The second kappa shape index (κ2) is 6.47. The van der Waals surface area contributed by atoms with Gasteiger partial charge in [0, 0.05) is 38.0 Å². The topological polar surface area (TPSA) is 61.4 Å². The van der Waals surface area contributed by atoms with Gasteiger partial charge in [0.15, 0.2) is 0 Å². The van der Waals surface area contributed by atoms with Crippen molar-refractivity contribution in [3.05, 3.63) is 22.4 Å². The monoisotopic (exact) mass is 307 g/mol. The Bertz CT molecular complexity index is 499. The number of likely N-dealkylation sites (tertiary alicyclic amines) is 1. The highest BCUT2D eigenvalue weighted by Crippen LogP contribution is 2.32. The van der Waals surface area contributed by atoms with Crippen LogP contribution in [0.25, 0.3) is 0 Å². The molecule has 114 valence electrons. The molecule has 1 saturated heterocycles. The lowest BCUT2D eigenvalue weighted by molar-refractivity contribution is -0.128. The summed E-state index contributed by atoms with van der Waals surface area (Å²) in [6, 6.07) is 2.42. The van der Waals surface area contributed by atoms with Gasteiger partial charge in [-0.2, -0.15) is 11.3 Å². The quantitative estimate of drug-likeness (QED) is 0.838. The van der Waals surface area contributed by atoms with Crippen molar-refractivity contribution in [3.8, 4) is 0 Å². The molecule has 1 aliphatic carbocycles. The molecule has 0 radical (unpaired) electrons. The maximum Gasteiger partial charge on any atom is 0.314 e. The van der Waals surface area contributed by atoms with Gasteiger partial charge in [0.2, 0.25) is 5.91 Å². The number of rotatable bonds is 6. The Hall–Kier alpha value is -1.56. The molecule has 1 aliphatic heterocycles. The van der Waals surface area contributed by atoms with E-state index in [1.807, 2.05) is 10.3 Å². The zero-order chi connectivity index (χ0) is 14.7. The number of carbonyl (C=O) groups excluding carboxylic acids is 2. The number of nitrogens with zero attached hydrogens (tertiary/aromatic N) is 1. The summed E-state index contributed by atoms with van der Waals surface area (Å²) in [5.74, 6) is 0.517. The lowest BCUT2D eigenvalue weighted by Gasteiger charge is -2.15. The molecule has 1 aromatic heterocycles. The fraction of sp³-hybridized carbons (Fsp3) is 0.600. The molecule has 0 bridgehead atoms. The summed E-state index contributed by atoms with van der Waals surface area (Å²) in [7, 11) is 0. The summed E-state index contributed by atoms with van der Waals surface area (Å²) in [4.78, 5) is 25.5. The normalized spacial score (nSPS) is 21.6. The first-order chi connectivity index (χ1) is 10.2. The highest BCUT2D eigenvalue weighted by atomic mass is 32.1. The highest BCUT2D eigenvalue weighted by Gasteiger charge is 2.39. The second-order valence-electron chi connectivity index (χ2n) is 5.87. The molecule has 1 atom stereocenters. The standard InChI is InChI=1S/C15H21N3O2S/c19-14-7-12(9-18(14)13-1-2-13)8-17-15(20)16-5-3-11-4-6-21-10-11/h4,6,10,12-13H,1-3,5,7-9H2,(H2,16,17,20). The maximum atomic E-state index is 11.8. The van der Waals surface area contributed by atoms with Crippen LogP contribution in [0.1, 0.15) is 24.8 Å². The van der Waals surface area contributed by atoms with E-state index in [0.29, 0.717) is 25.6 Å². The van der Waals surface area contributed by atoms with E-state index in [9.17, 15) is 9.59 Å². The first-order valence-corrected chi connectivity index (χ1v) is 8.49. The Labute approximate surface area is 128 Å². The van der Waals surface area contributed by atoms with Crippen LogP contribution in [0.15, 0.2) is 16.8 Å². The van der Waals surface area contributed by atoms with Crippen molar-refractivity contribution in [2.45, 2.75) is 31.7 Å². The Morgan fingerprint density at radius 1 is 1.38 bits per heavy atom. The van der Waals surface area contributed by atoms with E-state index in [2.05, 4.69) is 22.1 Å². The molecule has 3 amide bonds. The summed E-state index contributed by atoms with van der Waals surface area (Å²) in [5.41, 5.74) is 1.25. The van der Waals surface area contributed by atoms with Gasteiger partial charge in [-0.05, 0) is 41.7 Å². The van der Waals surface area contributed by atoms with E-state index in [1.54, 1.807) is 11.3 Å². The molecule has 2 N–H and O–H groups in total. The summed E-state index contributed by atoms with van der Waals surface area (Å²) in [6.07, 6.45) is 3.73. The first kappa shape index (κ1) is 14.4. The van der Waals surface area contributed by atoms with Crippen molar-refractivity contribution in [3.63, 3.8) is 0 Å². The summed E-state index contributed by atoms with van der Waals surface area (Å²) in [6.45, 7) is 2.03. The van der Waals surface area contributed by atoms with Crippen molar-refractivity contribution >= 4 is 23.3 Å². The minimum absolute atomic E-state index is 0.137. The predicted octanol–water partition coefficient (Wildman–Crippen LogP) is 1.60. The van der Waals surface area contributed by atoms with E-state index in [-0.39, 0.29) is 17.9 Å². The smallest absolute Gasteiger partial charge is 0.314 e. The second-order valence-corrected chi connectivity index (χ2v) is 6.65. The lowest BCUT2D eigenvalue weighted by Crippen LogP contribution is -2.39. The maximum absolute atomic E-state index is 11.8. The molecule has 2 fully saturated rings. The van der Waals surface area contributed by atoms with Crippen LogP contribution in [-0.2, 0) is 11.2 Å². The van der Waals surface area contributed by atoms with Crippen molar-refractivity contribution in [1.29, 1.82) is 0 Å². The molecule has 0 aromatic carbocycles. The van der Waals surface area contributed by atoms with Crippen molar-refractivity contribution in [1.82, 2.24) is 15.5 Å². The first-order valence-electron chi connectivity index (χ1n) is 7.54. The van der Waals surface area contributed by atoms with Gasteiger partial charge < -0.3 is 15.5 Å². The molecule has 6 heteroatoms. The van der Waals surface area contributed by atoms with Gasteiger partial charge in [-0.3, -0.25) is 4.79 Å². The third kappa shape index (κ3) is 3.97. The van der Waals surface area contributed by atoms with E-state index >= 15 is 0 Å². The van der Waals surface area contributed by atoms with E-state index in [4.69, 9.17) is 0 Å². The number of nitrogens with one attached hydrogen (secondary N) is 2. The fourth-order valence-corrected chi connectivity index (χ4v) is 3.44. The average Bonchev–Trinajstić information content (AvgIpc) is 3.04. The number of urea groups is 1. The van der Waals surface area contributed by atoms with Crippen LogP contribution in [0.3, 0.4) is 0 Å². The van der Waals surface area contributed by atoms with Gasteiger partial charge in [-0.15, -0.1) is 0 Å². The van der Waals surface area contributed by atoms with Gasteiger partial charge in [0.1, 0.15) is 0 Å². The molecule has 5 nitrogen and oxygen atoms in total. The zero-order valence-electron chi connectivity index (χ0n) is 12.0. The number of hydrogen-bond acceptors (Lipinski definition) is 3. The largest absolute Gasteiger partial charge is 0.339 e. The third-order valence-corrected chi connectivity index (χ3v) is 4.79. The van der Waals surface area contributed by atoms with Crippen molar-refractivity contribution in [2.75, 3.05) is 19.6 Å². The van der Waals surface area contributed by atoms with E-state index < -0.39 is 0 Å². The Morgan fingerprint density at radius 2 is 2.24 bits per heavy atom. The molecular formula is C15H21N3O2S. The van der Waals surface area contributed by atoms with Gasteiger partial charge in [0.25, 0.3) is 0 Å². The van der Waals surface area contributed by atoms with Crippen LogP contribution < -0.4 is 10.6 Å². The minimum atomic E-state index is -0.137. The van der Waals surface area contributed by atoms with Crippen LogP contribution in [0.5, 0.6) is 0 Å². The highest BCUT2D eigenvalue weighted by molar-refractivity contribution is 7.07. The van der Waals surface area contributed by atoms with Crippen LogP contribution >= 0.6 is 11.3 Å². The summed E-state index contributed by atoms with van der Waals surface area (Å²) >= 11 is 1.67. The molecule has 1 unspecified atom stereocenters. The van der Waals surface area contributed by atoms with Gasteiger partial charge >= 0.3 is 6.03 Å². The molecule has 21 heavy (non-hydrogen) atoms. The Morgan fingerprint density at radius 3 is 2.95 bits per heavy atom. The average molecular weight is 307 g/mol. The molecule has 1 saturated carbocycles. The van der Waals surface area contributed by atoms with Crippen molar-refractivity contribution < 1.29 is 9.59 Å². The van der Waals surface area contributed by atoms with Crippen LogP contribution in [0.2, 0.25) is 0 Å². The predicted molar refractivity (Wildman–Crippen MR) is 82.3 cm³/mol. The van der Waals surface area contributed by atoms with Crippen LogP contribution in [-0.4, -0.2) is 42.5 Å². The molecule has 1 aromatic rings. The SMILES string of the molecule is O=C(NCCc1ccsc1)NCC1CC(=O)N(C2CC2)C1. The molecule has 2 aliphatic rings. The molecule has 0 spiro atoms.